The van der Waals surface area contributed by atoms with Crippen LogP contribution < -0.4 is 10.6 Å². The summed E-state index contributed by atoms with van der Waals surface area (Å²) < 4.78 is 4.72. The first-order valence-corrected chi connectivity index (χ1v) is 12.7. The second kappa shape index (κ2) is 15.3. The fourth-order valence-corrected chi connectivity index (χ4v) is 4.27. The molecular formula is C26H42N4O4S. The Bertz CT molecular complexity index is 910. The fourth-order valence-electron chi connectivity index (χ4n) is 4.00. The maximum atomic E-state index is 12.8. The number of thioether (sulfide) groups is 1. The fraction of sp³-hybridized carbons (Fsp3) is 0.577. The zero-order valence-corrected chi connectivity index (χ0v) is 20.0. The lowest BCUT2D eigenvalue weighted by Gasteiger charge is -2.32. The Hall–Kier alpha value is -2.68. The molecule has 2 fully saturated rings. The van der Waals surface area contributed by atoms with E-state index in [1.54, 1.807) is 19.1 Å². The molecule has 2 amide bonds. The summed E-state index contributed by atoms with van der Waals surface area (Å²) in [4.78, 5) is 37.2. The zero-order chi connectivity index (χ0) is 23.6. The second-order valence-electron chi connectivity index (χ2n) is 8.60. The van der Waals surface area contributed by atoms with E-state index in [2.05, 4.69) is 20.8 Å². The molecular weight excluding hydrogens is 464 g/mol. The average molecular weight is 507 g/mol. The molecule has 1 aromatic heterocycles. The van der Waals surface area contributed by atoms with Crippen LogP contribution in [0.3, 0.4) is 0 Å². The number of aromatic nitrogens is 2. The van der Waals surface area contributed by atoms with Crippen molar-refractivity contribution in [3.63, 3.8) is 0 Å². The highest BCUT2D eigenvalue weighted by Crippen LogP contribution is 2.34. The molecule has 3 atom stereocenters. The highest BCUT2D eigenvalue weighted by Gasteiger charge is 2.35. The lowest BCUT2D eigenvalue weighted by atomic mass is 9.83. The molecule has 0 bridgehead atoms. The minimum Gasteiger partial charge on any atom is -0.419 e. The summed E-state index contributed by atoms with van der Waals surface area (Å²) in [6, 6.07) is 8.51. The Morgan fingerprint density at radius 1 is 1.11 bits per heavy atom. The van der Waals surface area contributed by atoms with E-state index < -0.39 is 0 Å². The van der Waals surface area contributed by atoms with Gasteiger partial charge in [0.05, 0.1) is 12.0 Å². The van der Waals surface area contributed by atoms with Crippen LogP contribution >= 0.6 is 11.8 Å². The van der Waals surface area contributed by atoms with Crippen molar-refractivity contribution in [3.05, 3.63) is 42.3 Å². The van der Waals surface area contributed by atoms with Crippen LogP contribution in [-0.4, -0.2) is 46.1 Å². The molecule has 8 nitrogen and oxygen atoms in total. The number of benzene rings is 1. The molecule has 1 aromatic carbocycles. The summed E-state index contributed by atoms with van der Waals surface area (Å²) in [5, 5.41) is 13.6. The summed E-state index contributed by atoms with van der Waals surface area (Å²) in [5.41, 5.74) is 0.604. The standard InChI is InChI=1S/C21H28N2O3.C3H4N2OS.2CH4.H2/c1-14(24)19(13-15-11-12-15)23-21(26)17-9-5-6-10-18(17)22-20(25)16-7-3-2-4-8-16;1-7-3-5-4-2-6-3;;;/h2-4,7-8,15,17-19H,5-6,9-13H2,1H3,(H,22,25)(H,23,26);2H,1H3;2*1H4;1H/t17-,18+,19?;;;;/m1..../s1. The van der Waals surface area contributed by atoms with E-state index >= 15 is 0 Å². The first-order valence-electron chi connectivity index (χ1n) is 11.4. The van der Waals surface area contributed by atoms with E-state index in [0.29, 0.717) is 16.7 Å². The summed E-state index contributed by atoms with van der Waals surface area (Å²) in [7, 11) is 0. The van der Waals surface area contributed by atoms with Gasteiger partial charge in [-0.05, 0) is 50.5 Å². The van der Waals surface area contributed by atoms with Crippen molar-refractivity contribution >= 4 is 29.4 Å². The lowest BCUT2D eigenvalue weighted by Crippen LogP contribution is -2.51. The van der Waals surface area contributed by atoms with Crippen LogP contribution in [0.2, 0.25) is 0 Å². The molecule has 2 aliphatic carbocycles. The van der Waals surface area contributed by atoms with E-state index in [-0.39, 0.29) is 51.9 Å². The van der Waals surface area contributed by atoms with Crippen molar-refractivity contribution in [3.8, 4) is 0 Å². The molecule has 9 heteroatoms. The number of hydrogen-bond donors (Lipinski definition) is 2. The molecule has 196 valence electrons. The van der Waals surface area contributed by atoms with Gasteiger partial charge in [0.25, 0.3) is 11.1 Å². The van der Waals surface area contributed by atoms with E-state index in [1.165, 1.54) is 18.2 Å². The quantitative estimate of drug-likeness (QED) is 0.475. The number of rotatable bonds is 8. The average Bonchev–Trinajstić information content (AvgIpc) is 3.49. The molecule has 4 rings (SSSR count). The molecule has 2 aliphatic rings. The normalized spacial score (nSPS) is 19.5. The Morgan fingerprint density at radius 2 is 1.80 bits per heavy atom. The maximum Gasteiger partial charge on any atom is 0.276 e. The first kappa shape index (κ1) is 30.4. The van der Waals surface area contributed by atoms with Gasteiger partial charge in [-0.3, -0.25) is 14.4 Å². The van der Waals surface area contributed by atoms with Crippen LogP contribution in [0.5, 0.6) is 0 Å². The van der Waals surface area contributed by atoms with Crippen LogP contribution in [0.4, 0.5) is 0 Å². The number of hydrogen-bond acceptors (Lipinski definition) is 7. The van der Waals surface area contributed by atoms with Gasteiger partial charge in [0.1, 0.15) is 0 Å². The largest absolute Gasteiger partial charge is 0.419 e. The van der Waals surface area contributed by atoms with E-state index in [4.69, 9.17) is 4.42 Å². The molecule has 35 heavy (non-hydrogen) atoms. The van der Waals surface area contributed by atoms with E-state index in [0.717, 1.165) is 44.9 Å². The monoisotopic (exact) mass is 506 g/mol. The van der Waals surface area contributed by atoms with Gasteiger partial charge in [0.2, 0.25) is 12.3 Å². The Morgan fingerprint density at radius 3 is 2.34 bits per heavy atom. The second-order valence-corrected chi connectivity index (χ2v) is 9.35. The first-order chi connectivity index (χ1) is 16.0. The molecule has 2 saturated carbocycles. The van der Waals surface area contributed by atoms with Gasteiger partial charge in [-0.15, -0.1) is 10.2 Å². The number of carbonyl (C=O) groups excluding carboxylic acids is 3. The predicted octanol–water partition coefficient (Wildman–Crippen LogP) is 5.16. The molecule has 0 aliphatic heterocycles. The predicted molar refractivity (Wildman–Crippen MR) is 141 cm³/mol. The van der Waals surface area contributed by atoms with Gasteiger partial charge < -0.3 is 15.1 Å². The van der Waals surface area contributed by atoms with Crippen LogP contribution in [0.25, 0.3) is 0 Å². The van der Waals surface area contributed by atoms with E-state index in [9.17, 15) is 14.4 Å². The summed E-state index contributed by atoms with van der Waals surface area (Å²) in [6.45, 7) is 1.54. The minimum atomic E-state index is -0.387. The highest BCUT2D eigenvalue weighted by atomic mass is 32.2. The molecule has 1 heterocycles. The van der Waals surface area contributed by atoms with Crippen molar-refractivity contribution in [1.29, 1.82) is 0 Å². The Kier molecular flexibility index (Phi) is 13.3. The van der Waals surface area contributed by atoms with Gasteiger partial charge in [0, 0.05) is 13.0 Å². The van der Waals surface area contributed by atoms with Crippen LogP contribution in [0.1, 0.15) is 78.5 Å². The minimum absolute atomic E-state index is 0. The van der Waals surface area contributed by atoms with Crippen LogP contribution in [0, 0.1) is 11.8 Å². The number of Topliss-reactive ketones (excluding diaryl/α,β-unsaturated/α-hetero) is 1. The number of nitrogens with one attached hydrogen (secondary N) is 2. The maximum absolute atomic E-state index is 12.8. The van der Waals surface area contributed by atoms with Gasteiger partial charge in [-0.1, -0.05) is 70.5 Å². The van der Waals surface area contributed by atoms with Crippen LogP contribution in [-0.2, 0) is 9.59 Å². The SMILES string of the molecule is C.C.CC(=O)C(CC1CC1)NC(=O)[C@@H]1CCCC[C@@H]1NC(=O)c1ccccc1.CSc1nnco1.[HH]. The molecule has 0 radical (unpaired) electrons. The summed E-state index contributed by atoms with van der Waals surface area (Å²) in [6.07, 6.45) is 9.76. The van der Waals surface area contributed by atoms with Crippen molar-refractivity contribution in [2.24, 2.45) is 11.8 Å². The van der Waals surface area contributed by atoms with Gasteiger partial charge in [0.15, 0.2) is 5.78 Å². The van der Waals surface area contributed by atoms with Crippen molar-refractivity contribution in [2.45, 2.75) is 84.0 Å². The molecule has 0 spiro atoms. The molecule has 0 saturated heterocycles. The number of carbonyl (C=O) groups is 3. The van der Waals surface area contributed by atoms with Gasteiger partial charge in [-0.2, -0.15) is 0 Å². The molecule has 1 unspecified atom stereocenters. The highest BCUT2D eigenvalue weighted by molar-refractivity contribution is 7.98. The number of amides is 2. The summed E-state index contributed by atoms with van der Waals surface area (Å²) >= 11 is 1.44. The smallest absolute Gasteiger partial charge is 0.276 e. The van der Waals surface area contributed by atoms with E-state index in [1.807, 2.05) is 24.5 Å². The number of nitrogens with zero attached hydrogens (tertiary/aromatic N) is 2. The van der Waals surface area contributed by atoms with Crippen molar-refractivity contribution < 1.29 is 20.2 Å². The number of ketones is 1. The third kappa shape index (κ3) is 9.84. The topological polar surface area (TPSA) is 114 Å². The molecule has 2 N–H and O–H groups in total. The zero-order valence-electron chi connectivity index (χ0n) is 19.2. The Balaban J connectivity index is 0.00000106. The van der Waals surface area contributed by atoms with Crippen molar-refractivity contribution in [2.75, 3.05) is 6.26 Å². The third-order valence-electron chi connectivity index (χ3n) is 6.04. The van der Waals surface area contributed by atoms with Gasteiger partial charge in [-0.25, -0.2) is 0 Å². The lowest BCUT2D eigenvalue weighted by molar-refractivity contribution is -0.131. The van der Waals surface area contributed by atoms with Crippen molar-refractivity contribution in [1.82, 2.24) is 20.8 Å². The van der Waals surface area contributed by atoms with Crippen LogP contribution in [0.15, 0.2) is 46.4 Å². The summed E-state index contributed by atoms with van der Waals surface area (Å²) in [5.74, 6) is 0.0906. The third-order valence-corrected chi connectivity index (χ3v) is 6.57. The van der Waals surface area contributed by atoms with Gasteiger partial charge >= 0.3 is 0 Å². The Labute approximate surface area is 214 Å². The molecule has 2 aromatic rings.